The highest BCUT2D eigenvalue weighted by Gasteiger charge is 2.26. The maximum atomic E-state index is 11.5. The molecule has 15 heavy (non-hydrogen) atoms. The Bertz CT molecular complexity index is 213. The lowest BCUT2D eigenvalue weighted by molar-refractivity contribution is -0.127. The third kappa shape index (κ3) is 4.06. The van der Waals surface area contributed by atoms with E-state index in [1.807, 2.05) is 11.0 Å². The fourth-order valence-corrected chi connectivity index (χ4v) is 2.08. The molecular weight excluding hydrogens is 186 g/mol. The van der Waals surface area contributed by atoms with Crippen LogP contribution < -0.4 is 0 Å². The van der Waals surface area contributed by atoms with Gasteiger partial charge in [0.1, 0.15) is 0 Å². The summed E-state index contributed by atoms with van der Waals surface area (Å²) in [6, 6.07) is 0. The van der Waals surface area contributed by atoms with Gasteiger partial charge in [-0.3, -0.25) is 4.79 Å². The number of likely N-dealkylation sites (tertiary alicyclic amines) is 1. The Kier molecular flexibility index (Phi) is 5.44. The van der Waals surface area contributed by atoms with Crippen molar-refractivity contribution in [2.75, 3.05) is 13.1 Å². The first-order valence-electron chi connectivity index (χ1n) is 6.18. The first-order valence-corrected chi connectivity index (χ1v) is 6.18. The van der Waals surface area contributed by atoms with E-state index in [-0.39, 0.29) is 0 Å². The third-order valence-corrected chi connectivity index (χ3v) is 3.11. The topological polar surface area (TPSA) is 20.3 Å². The van der Waals surface area contributed by atoms with E-state index in [4.69, 9.17) is 0 Å². The number of nitrogens with zero attached hydrogens (tertiary/aromatic N) is 1. The predicted molar refractivity (Wildman–Crippen MR) is 63.6 cm³/mol. The van der Waals surface area contributed by atoms with Gasteiger partial charge in [0.15, 0.2) is 0 Å². The van der Waals surface area contributed by atoms with Gasteiger partial charge >= 0.3 is 0 Å². The zero-order valence-electron chi connectivity index (χ0n) is 9.87. The third-order valence-electron chi connectivity index (χ3n) is 3.11. The zero-order chi connectivity index (χ0) is 11.1. The monoisotopic (exact) mass is 209 g/mol. The van der Waals surface area contributed by atoms with Crippen molar-refractivity contribution in [3.05, 3.63) is 12.7 Å². The van der Waals surface area contributed by atoms with Gasteiger partial charge in [-0.05, 0) is 6.42 Å². The summed E-state index contributed by atoms with van der Waals surface area (Å²) in [5, 5.41) is 0. The molecule has 0 aliphatic carbocycles. The molecule has 1 aliphatic rings. The molecular formula is C13H23NO. The summed E-state index contributed by atoms with van der Waals surface area (Å²) in [7, 11) is 0. The van der Waals surface area contributed by atoms with Gasteiger partial charge in [0.2, 0.25) is 5.91 Å². The van der Waals surface area contributed by atoms with E-state index in [2.05, 4.69) is 13.5 Å². The molecule has 0 N–H and O–H groups in total. The van der Waals surface area contributed by atoms with Crippen LogP contribution in [0.25, 0.3) is 0 Å². The van der Waals surface area contributed by atoms with E-state index < -0.39 is 0 Å². The van der Waals surface area contributed by atoms with Crippen LogP contribution in [0.1, 0.15) is 45.4 Å². The molecule has 0 aromatic heterocycles. The van der Waals surface area contributed by atoms with E-state index in [0.29, 0.717) is 18.2 Å². The predicted octanol–water partition coefficient (Wildman–Crippen LogP) is 2.99. The summed E-state index contributed by atoms with van der Waals surface area (Å²) in [4.78, 5) is 13.5. The first-order chi connectivity index (χ1) is 7.27. The Hall–Kier alpha value is -0.790. The van der Waals surface area contributed by atoms with Crippen LogP contribution in [-0.2, 0) is 4.79 Å². The highest BCUT2D eigenvalue weighted by Crippen LogP contribution is 2.19. The van der Waals surface area contributed by atoms with Crippen LogP contribution in [0, 0.1) is 5.92 Å². The highest BCUT2D eigenvalue weighted by molar-refractivity contribution is 5.78. The lowest BCUT2D eigenvalue weighted by atomic mass is 10.1. The SMILES string of the molecule is C=CC1CC(=O)N(CCCCCCC)C1. The van der Waals surface area contributed by atoms with Crippen molar-refractivity contribution in [1.29, 1.82) is 0 Å². The highest BCUT2D eigenvalue weighted by atomic mass is 16.2. The molecule has 1 aliphatic heterocycles. The van der Waals surface area contributed by atoms with Crippen LogP contribution in [0.2, 0.25) is 0 Å². The van der Waals surface area contributed by atoms with E-state index in [1.54, 1.807) is 0 Å². The largest absolute Gasteiger partial charge is 0.342 e. The summed E-state index contributed by atoms with van der Waals surface area (Å²) in [5.41, 5.74) is 0. The van der Waals surface area contributed by atoms with Crippen molar-refractivity contribution in [2.24, 2.45) is 5.92 Å². The lowest BCUT2D eigenvalue weighted by Gasteiger charge is -2.15. The molecule has 0 aromatic carbocycles. The molecule has 0 bridgehead atoms. The van der Waals surface area contributed by atoms with Crippen LogP contribution in [0.3, 0.4) is 0 Å². The van der Waals surface area contributed by atoms with Crippen LogP contribution in [0.5, 0.6) is 0 Å². The molecule has 1 fully saturated rings. The van der Waals surface area contributed by atoms with Crippen LogP contribution in [0.15, 0.2) is 12.7 Å². The van der Waals surface area contributed by atoms with Gasteiger partial charge in [0.25, 0.3) is 0 Å². The van der Waals surface area contributed by atoms with Crippen LogP contribution in [0.4, 0.5) is 0 Å². The van der Waals surface area contributed by atoms with Crippen molar-refractivity contribution in [3.8, 4) is 0 Å². The molecule has 2 nitrogen and oxygen atoms in total. The van der Waals surface area contributed by atoms with Crippen molar-refractivity contribution < 1.29 is 4.79 Å². The molecule has 0 radical (unpaired) electrons. The van der Waals surface area contributed by atoms with Crippen molar-refractivity contribution >= 4 is 5.91 Å². The molecule has 1 rings (SSSR count). The number of hydrogen-bond acceptors (Lipinski definition) is 1. The van der Waals surface area contributed by atoms with Crippen molar-refractivity contribution in [2.45, 2.75) is 45.4 Å². The zero-order valence-corrected chi connectivity index (χ0v) is 9.87. The van der Waals surface area contributed by atoms with E-state index in [1.165, 1.54) is 25.7 Å². The molecule has 1 atom stereocenters. The Balaban J connectivity index is 2.11. The summed E-state index contributed by atoms with van der Waals surface area (Å²) in [6.07, 6.45) is 8.92. The van der Waals surface area contributed by atoms with Crippen LogP contribution in [-0.4, -0.2) is 23.9 Å². The van der Waals surface area contributed by atoms with E-state index >= 15 is 0 Å². The second kappa shape index (κ2) is 6.65. The Labute approximate surface area is 93.3 Å². The number of amides is 1. The Morgan fingerprint density at radius 3 is 2.73 bits per heavy atom. The van der Waals surface area contributed by atoms with Gasteiger partial charge < -0.3 is 4.90 Å². The first kappa shape index (κ1) is 12.3. The second-order valence-electron chi connectivity index (χ2n) is 4.45. The Morgan fingerprint density at radius 1 is 1.40 bits per heavy atom. The minimum atomic E-state index is 0.315. The van der Waals surface area contributed by atoms with Gasteiger partial charge in [-0.25, -0.2) is 0 Å². The van der Waals surface area contributed by atoms with Gasteiger partial charge in [-0.15, -0.1) is 6.58 Å². The number of carbonyl (C=O) groups excluding carboxylic acids is 1. The molecule has 1 heterocycles. The summed E-state index contributed by atoms with van der Waals surface area (Å²) < 4.78 is 0. The number of rotatable bonds is 7. The quantitative estimate of drug-likeness (QED) is 0.466. The minimum Gasteiger partial charge on any atom is -0.342 e. The molecule has 0 aromatic rings. The number of hydrogen-bond donors (Lipinski definition) is 0. The minimum absolute atomic E-state index is 0.315. The maximum absolute atomic E-state index is 11.5. The molecule has 1 unspecified atom stereocenters. The summed E-state index contributed by atoms with van der Waals surface area (Å²) in [5.74, 6) is 0.712. The van der Waals surface area contributed by atoms with Gasteiger partial charge in [0, 0.05) is 25.4 Å². The van der Waals surface area contributed by atoms with Crippen molar-refractivity contribution in [1.82, 2.24) is 4.90 Å². The normalized spacial score (nSPS) is 21.0. The smallest absolute Gasteiger partial charge is 0.223 e. The number of unbranched alkanes of at least 4 members (excludes halogenated alkanes) is 4. The fourth-order valence-electron chi connectivity index (χ4n) is 2.08. The van der Waals surface area contributed by atoms with E-state index in [0.717, 1.165) is 19.5 Å². The molecule has 86 valence electrons. The van der Waals surface area contributed by atoms with Crippen LogP contribution >= 0.6 is 0 Å². The fraction of sp³-hybridized carbons (Fsp3) is 0.769. The maximum Gasteiger partial charge on any atom is 0.223 e. The Morgan fingerprint density at radius 2 is 2.13 bits per heavy atom. The van der Waals surface area contributed by atoms with Crippen molar-refractivity contribution in [3.63, 3.8) is 0 Å². The average Bonchev–Trinajstić information content (AvgIpc) is 2.59. The molecule has 0 saturated carbocycles. The van der Waals surface area contributed by atoms with E-state index in [9.17, 15) is 4.79 Å². The molecule has 2 heteroatoms. The molecule has 1 saturated heterocycles. The average molecular weight is 209 g/mol. The standard InChI is InChI=1S/C13H23NO/c1-3-5-6-7-8-9-14-11-12(4-2)10-13(14)15/h4,12H,2-3,5-11H2,1H3. The molecule has 1 amide bonds. The lowest BCUT2D eigenvalue weighted by Crippen LogP contribution is -2.26. The summed E-state index contributed by atoms with van der Waals surface area (Å²) >= 11 is 0. The van der Waals surface area contributed by atoms with Gasteiger partial charge in [-0.1, -0.05) is 38.7 Å². The number of carbonyl (C=O) groups is 1. The van der Waals surface area contributed by atoms with Gasteiger partial charge in [0.05, 0.1) is 0 Å². The second-order valence-corrected chi connectivity index (χ2v) is 4.45. The van der Waals surface area contributed by atoms with Gasteiger partial charge in [-0.2, -0.15) is 0 Å². The molecule has 0 spiro atoms. The summed E-state index contributed by atoms with van der Waals surface area (Å²) in [6.45, 7) is 7.82.